The Morgan fingerprint density at radius 1 is 0.814 bits per heavy atom. The van der Waals surface area contributed by atoms with E-state index < -0.39 is 0 Å². The predicted octanol–water partition coefficient (Wildman–Crippen LogP) is 11.0. The molecule has 0 radical (unpaired) electrons. The van der Waals surface area contributed by atoms with E-state index in [2.05, 4.69) is 85.7 Å². The molecule has 4 saturated carbocycles. The van der Waals surface area contributed by atoms with Crippen LogP contribution < -0.4 is 0 Å². The zero-order valence-corrected chi connectivity index (χ0v) is 30.5. The van der Waals surface area contributed by atoms with E-state index in [1.165, 1.54) is 64.0 Å². The van der Waals surface area contributed by atoms with Gasteiger partial charge in [0, 0.05) is 0 Å². The summed E-state index contributed by atoms with van der Waals surface area (Å²) in [6.45, 7) is 6.61. The maximum atomic E-state index is 3.57. The molecule has 0 saturated heterocycles. The summed E-state index contributed by atoms with van der Waals surface area (Å²) in [5, 5.41) is 0. The number of benzene rings is 3. The zero-order valence-electron chi connectivity index (χ0n) is 26.4. The number of hydrogen-bond donors (Lipinski definition) is 0. The van der Waals surface area contributed by atoms with E-state index in [1.807, 2.05) is 30.3 Å². The van der Waals surface area contributed by atoms with Crippen molar-refractivity contribution in [2.75, 3.05) is 0 Å². The molecule has 6 aliphatic carbocycles. The Hall–Kier alpha value is -1.53. The number of fused-ring (bicyclic) bond motifs is 3. The molecule has 0 nitrogen and oxygen atoms in total. The van der Waals surface area contributed by atoms with Gasteiger partial charge in [-0.05, 0) is 68.1 Å². The second-order valence-corrected chi connectivity index (χ2v) is 12.8. The number of halogens is 2. The van der Waals surface area contributed by atoms with Crippen LogP contribution in [0.1, 0.15) is 75.5 Å². The summed E-state index contributed by atoms with van der Waals surface area (Å²) in [5.74, 6) is 3.82. The molecule has 1 atom stereocenters. The van der Waals surface area contributed by atoms with Crippen LogP contribution >= 0.6 is 24.8 Å². The molecule has 4 fully saturated rings. The summed E-state index contributed by atoms with van der Waals surface area (Å²) < 4.78 is 3.34. The van der Waals surface area contributed by atoms with E-state index in [0.717, 1.165) is 24.2 Å². The molecule has 9 rings (SSSR count). The van der Waals surface area contributed by atoms with E-state index in [9.17, 15) is 0 Å². The van der Waals surface area contributed by atoms with E-state index in [0.29, 0.717) is 11.3 Å². The van der Waals surface area contributed by atoms with Crippen LogP contribution in [-0.4, -0.2) is 4.21 Å². The summed E-state index contributed by atoms with van der Waals surface area (Å²) in [4.78, 5) is 0. The van der Waals surface area contributed by atoms with Crippen molar-refractivity contribution in [3.05, 3.63) is 126 Å². The maximum Gasteiger partial charge on any atom is -0.0253 e. The molecule has 0 amide bonds. The Morgan fingerprint density at radius 2 is 1.40 bits per heavy atom. The van der Waals surface area contributed by atoms with Crippen LogP contribution in [0.3, 0.4) is 0 Å². The molecule has 0 N–H and O–H groups in total. The molecule has 0 aliphatic heterocycles. The van der Waals surface area contributed by atoms with E-state index in [-0.39, 0.29) is 32.2 Å². The van der Waals surface area contributed by atoms with Gasteiger partial charge in [-0.25, -0.2) is 5.57 Å². The first kappa shape index (κ1) is 37.7. The van der Waals surface area contributed by atoms with Gasteiger partial charge < -0.3 is 7.43 Å². The minimum atomic E-state index is 0. The zero-order chi connectivity index (χ0) is 28.1. The Bertz CT molecular complexity index is 1280. The van der Waals surface area contributed by atoms with Gasteiger partial charge in [0.1, 0.15) is 0 Å². The molecular weight excluding hydrogens is 643 g/mol. The van der Waals surface area contributed by atoms with Crippen molar-refractivity contribution < 1.29 is 24.2 Å². The maximum absolute atomic E-state index is 3.57. The second kappa shape index (κ2) is 17.2. The van der Waals surface area contributed by atoms with Crippen LogP contribution in [0.5, 0.6) is 0 Å². The largest absolute Gasteiger partial charge is 0.358 e. The fourth-order valence-corrected chi connectivity index (χ4v) is 8.47. The third kappa shape index (κ3) is 9.25. The van der Waals surface area contributed by atoms with E-state index >= 15 is 0 Å². The van der Waals surface area contributed by atoms with Crippen molar-refractivity contribution >= 4 is 29.0 Å². The van der Waals surface area contributed by atoms with Crippen molar-refractivity contribution in [1.82, 2.24) is 0 Å². The van der Waals surface area contributed by atoms with Crippen LogP contribution in [0, 0.1) is 61.6 Å². The Kier molecular flexibility index (Phi) is 15.1. The third-order valence-electron chi connectivity index (χ3n) is 9.61. The number of allylic oxidation sites excluding steroid dienone is 4. The molecular formula is C40H48Cl2Zr-4. The number of hydrogen-bond acceptors (Lipinski definition) is 0. The summed E-state index contributed by atoms with van der Waals surface area (Å²) in [6, 6.07) is 28.9. The van der Waals surface area contributed by atoms with Crippen molar-refractivity contribution in [3.63, 3.8) is 0 Å². The SMILES string of the molecule is CC1=[C-]C(C)C=C1CC12CC3CC(CC(C3)C1)C2.Cc1cc[c-]cc1.Cl.Cl.[CH2]=[Zr].[CH3-].[c-]1cccc2c1Cc1ccccc1-2. The number of rotatable bonds is 2. The van der Waals surface area contributed by atoms with Gasteiger partial charge in [-0.1, -0.05) is 68.5 Å². The van der Waals surface area contributed by atoms with Gasteiger partial charge in [0.15, 0.2) is 0 Å². The molecule has 43 heavy (non-hydrogen) atoms. The van der Waals surface area contributed by atoms with Gasteiger partial charge in [-0.15, -0.1) is 30.4 Å². The first-order valence-corrected chi connectivity index (χ1v) is 16.9. The van der Waals surface area contributed by atoms with Crippen LogP contribution in [-0.2, 0) is 30.7 Å². The molecule has 0 spiro atoms. The van der Waals surface area contributed by atoms with Gasteiger partial charge >= 0.3 is 28.4 Å². The van der Waals surface area contributed by atoms with Crippen molar-refractivity contribution in [2.45, 2.75) is 72.1 Å². The monoisotopic (exact) mass is 688 g/mol. The summed E-state index contributed by atoms with van der Waals surface area (Å²) >= 11 is 1.30. The average Bonchev–Trinajstić information content (AvgIpc) is 3.48. The van der Waals surface area contributed by atoms with Gasteiger partial charge in [0.25, 0.3) is 0 Å². The van der Waals surface area contributed by atoms with Crippen molar-refractivity contribution in [1.29, 1.82) is 0 Å². The minimum Gasteiger partial charge on any atom is -0.358 e. The first-order valence-electron chi connectivity index (χ1n) is 15.1. The molecule has 0 heterocycles. The Labute approximate surface area is 290 Å². The van der Waals surface area contributed by atoms with Crippen LogP contribution in [0.4, 0.5) is 0 Å². The summed E-state index contributed by atoms with van der Waals surface area (Å²) in [5.41, 5.74) is 10.6. The average molecular weight is 691 g/mol. The van der Waals surface area contributed by atoms with Crippen LogP contribution in [0.2, 0.25) is 0 Å². The normalized spacial score (nSPS) is 25.9. The Morgan fingerprint density at radius 3 is 1.93 bits per heavy atom. The van der Waals surface area contributed by atoms with Crippen molar-refractivity contribution in [2.24, 2.45) is 29.1 Å². The van der Waals surface area contributed by atoms with Gasteiger partial charge in [-0.3, -0.25) is 6.08 Å². The van der Waals surface area contributed by atoms with Crippen LogP contribution in [0.25, 0.3) is 11.1 Å². The standard InChI is InChI=1S/C18H25.C13H9.C7H7.CH3.CH2.2ClH.Zr/c1-12-3-13(2)17(4-12)11-18-8-14-5-15(9-18)7-16(6-14)10-18;1-3-7-12-10(5-1)9-11-6-2-4-8-13(11)12;1-7-5-3-2-4-6-7;;;;;/h4,12,14-16H,5-11H2,1-2H3;1-5,7-8H,9H2;3-6H,1H3;1H3;1H2;2*1H;/q4*-1;;;;. The van der Waals surface area contributed by atoms with Crippen LogP contribution in [0.15, 0.2) is 84.0 Å². The molecule has 3 heteroatoms. The van der Waals surface area contributed by atoms with E-state index in [4.69, 9.17) is 0 Å². The molecule has 6 aliphatic rings. The second-order valence-electron chi connectivity index (χ2n) is 12.8. The van der Waals surface area contributed by atoms with Crippen molar-refractivity contribution in [3.8, 4) is 11.1 Å². The van der Waals surface area contributed by atoms with Gasteiger partial charge in [0.05, 0.1) is 0 Å². The third-order valence-corrected chi connectivity index (χ3v) is 9.61. The fraction of sp³-hybridized carbons (Fsp3) is 0.400. The first-order chi connectivity index (χ1) is 19.5. The molecule has 0 aromatic heterocycles. The predicted molar refractivity (Wildman–Crippen MR) is 186 cm³/mol. The molecule has 1 unspecified atom stereocenters. The molecule has 3 aromatic carbocycles. The number of aryl methyl sites for hydroxylation is 1. The summed E-state index contributed by atoms with van der Waals surface area (Å²) in [7, 11) is 0. The topological polar surface area (TPSA) is 0 Å². The quantitative estimate of drug-likeness (QED) is 0.184. The molecule has 4 bridgehead atoms. The fourth-order valence-electron chi connectivity index (χ4n) is 8.47. The Balaban J connectivity index is 0.000000229. The van der Waals surface area contributed by atoms with E-state index in [1.54, 1.807) is 44.1 Å². The molecule has 230 valence electrons. The van der Waals surface area contributed by atoms with Gasteiger partial charge in [0.2, 0.25) is 0 Å². The van der Waals surface area contributed by atoms with Gasteiger partial charge in [-0.2, -0.15) is 77.4 Å². The smallest absolute Gasteiger partial charge is 0.0253 e. The summed E-state index contributed by atoms with van der Waals surface area (Å²) in [6.07, 6.45) is 17.8. The minimum absolute atomic E-state index is 0. The molecule has 3 aromatic rings.